The van der Waals surface area contributed by atoms with Crippen molar-refractivity contribution in [3.8, 4) is 5.75 Å². The van der Waals surface area contributed by atoms with Crippen molar-refractivity contribution in [1.82, 2.24) is 4.90 Å². The average Bonchev–Trinajstić information content (AvgIpc) is 2.99. The summed E-state index contributed by atoms with van der Waals surface area (Å²) in [5.41, 5.74) is 1.88. The molecular formula is C17H24N2O2. The summed E-state index contributed by atoms with van der Waals surface area (Å²) in [5, 5.41) is 2.99. The van der Waals surface area contributed by atoms with Gasteiger partial charge in [0.05, 0.1) is 19.3 Å². The summed E-state index contributed by atoms with van der Waals surface area (Å²) in [6.07, 6.45) is 4.05. The Morgan fingerprint density at radius 3 is 2.71 bits per heavy atom. The summed E-state index contributed by atoms with van der Waals surface area (Å²) in [4.78, 5) is 14.6. The average molecular weight is 288 g/mol. The minimum Gasteiger partial charge on any atom is -0.495 e. The van der Waals surface area contributed by atoms with E-state index in [1.807, 2.05) is 25.1 Å². The van der Waals surface area contributed by atoms with Crippen LogP contribution in [-0.4, -0.2) is 37.6 Å². The van der Waals surface area contributed by atoms with Gasteiger partial charge in [-0.2, -0.15) is 0 Å². The first-order valence-electron chi connectivity index (χ1n) is 7.82. The van der Waals surface area contributed by atoms with Gasteiger partial charge in [0.1, 0.15) is 5.75 Å². The minimum atomic E-state index is 0.0545. The zero-order chi connectivity index (χ0) is 14.8. The highest BCUT2D eigenvalue weighted by Gasteiger charge is 2.36. The van der Waals surface area contributed by atoms with Crippen molar-refractivity contribution < 1.29 is 9.53 Å². The van der Waals surface area contributed by atoms with Gasteiger partial charge in [-0.05, 0) is 49.3 Å². The number of hydrogen-bond donors (Lipinski definition) is 1. The van der Waals surface area contributed by atoms with Crippen LogP contribution in [0.15, 0.2) is 18.2 Å². The number of hydrogen-bond acceptors (Lipinski definition) is 3. The number of benzene rings is 1. The molecule has 2 unspecified atom stereocenters. The Morgan fingerprint density at radius 1 is 1.33 bits per heavy atom. The van der Waals surface area contributed by atoms with Crippen LogP contribution in [0.4, 0.5) is 5.69 Å². The first-order chi connectivity index (χ1) is 10.2. The molecule has 4 nitrogen and oxygen atoms in total. The second-order valence-corrected chi connectivity index (χ2v) is 6.40. The number of likely N-dealkylation sites (tertiary alicyclic amines) is 1. The number of amides is 1. The summed E-state index contributed by atoms with van der Waals surface area (Å²) in [5.74, 6) is 2.42. The third-order valence-corrected chi connectivity index (χ3v) is 4.80. The van der Waals surface area contributed by atoms with Crippen LogP contribution in [0.25, 0.3) is 0 Å². The number of carbonyl (C=O) groups is 1. The molecule has 2 atom stereocenters. The molecule has 1 amide bonds. The van der Waals surface area contributed by atoms with E-state index >= 15 is 0 Å². The maximum absolute atomic E-state index is 12.3. The summed E-state index contributed by atoms with van der Waals surface area (Å²) in [6, 6.07) is 5.83. The molecule has 0 aromatic heterocycles. The Hall–Kier alpha value is -1.55. The van der Waals surface area contributed by atoms with E-state index in [0.717, 1.165) is 36.2 Å². The Morgan fingerprint density at radius 2 is 2.05 bits per heavy atom. The van der Waals surface area contributed by atoms with E-state index in [9.17, 15) is 4.79 Å². The van der Waals surface area contributed by atoms with Gasteiger partial charge in [0.2, 0.25) is 5.91 Å². The fourth-order valence-corrected chi connectivity index (χ4v) is 3.77. The fourth-order valence-electron chi connectivity index (χ4n) is 3.77. The lowest BCUT2D eigenvalue weighted by atomic mass is 10.0. The van der Waals surface area contributed by atoms with Crippen molar-refractivity contribution in [2.45, 2.75) is 26.2 Å². The monoisotopic (exact) mass is 288 g/mol. The zero-order valence-corrected chi connectivity index (χ0v) is 12.9. The van der Waals surface area contributed by atoms with Crippen molar-refractivity contribution in [2.75, 3.05) is 32.1 Å². The third kappa shape index (κ3) is 3.21. The highest BCUT2D eigenvalue weighted by molar-refractivity contribution is 5.93. The van der Waals surface area contributed by atoms with Crippen LogP contribution in [0, 0.1) is 18.8 Å². The Kier molecular flexibility index (Phi) is 4.15. The number of nitrogens with one attached hydrogen (secondary N) is 1. The van der Waals surface area contributed by atoms with Gasteiger partial charge in [-0.3, -0.25) is 9.69 Å². The normalized spacial score (nSPS) is 24.9. The molecule has 1 saturated carbocycles. The van der Waals surface area contributed by atoms with Crippen molar-refractivity contribution in [3.05, 3.63) is 23.8 Å². The maximum atomic E-state index is 12.3. The van der Waals surface area contributed by atoms with Crippen LogP contribution in [0.3, 0.4) is 0 Å². The molecule has 0 radical (unpaired) electrons. The van der Waals surface area contributed by atoms with Crippen molar-refractivity contribution in [3.63, 3.8) is 0 Å². The molecule has 1 aliphatic carbocycles. The highest BCUT2D eigenvalue weighted by Crippen LogP contribution is 2.37. The number of nitrogens with zero attached hydrogens (tertiary/aromatic N) is 1. The summed E-state index contributed by atoms with van der Waals surface area (Å²) in [7, 11) is 1.63. The summed E-state index contributed by atoms with van der Waals surface area (Å²) in [6.45, 7) is 4.67. The SMILES string of the molecule is COc1ccc(C)cc1NC(=O)CN1CC2CCCC2C1. The number of aryl methyl sites for hydroxylation is 1. The van der Waals surface area contributed by atoms with E-state index in [1.165, 1.54) is 19.3 Å². The molecule has 114 valence electrons. The quantitative estimate of drug-likeness (QED) is 0.926. The van der Waals surface area contributed by atoms with E-state index in [2.05, 4.69) is 10.2 Å². The molecule has 1 aromatic carbocycles. The van der Waals surface area contributed by atoms with E-state index in [1.54, 1.807) is 7.11 Å². The number of fused-ring (bicyclic) bond motifs is 1. The second-order valence-electron chi connectivity index (χ2n) is 6.40. The van der Waals surface area contributed by atoms with Crippen LogP contribution in [0.5, 0.6) is 5.75 Å². The van der Waals surface area contributed by atoms with E-state index in [-0.39, 0.29) is 5.91 Å². The molecule has 3 rings (SSSR count). The predicted octanol–water partition coefficient (Wildman–Crippen LogP) is 2.67. The van der Waals surface area contributed by atoms with Gasteiger partial charge in [0.15, 0.2) is 0 Å². The van der Waals surface area contributed by atoms with Crippen LogP contribution >= 0.6 is 0 Å². The third-order valence-electron chi connectivity index (χ3n) is 4.80. The van der Waals surface area contributed by atoms with Crippen molar-refractivity contribution >= 4 is 11.6 Å². The molecule has 1 heterocycles. The van der Waals surface area contributed by atoms with Gasteiger partial charge in [-0.1, -0.05) is 12.5 Å². The van der Waals surface area contributed by atoms with Crippen LogP contribution in [0.2, 0.25) is 0 Å². The number of carbonyl (C=O) groups excluding carboxylic acids is 1. The topological polar surface area (TPSA) is 41.6 Å². The first-order valence-corrected chi connectivity index (χ1v) is 7.82. The molecule has 21 heavy (non-hydrogen) atoms. The molecule has 1 aliphatic heterocycles. The summed E-state index contributed by atoms with van der Waals surface area (Å²) < 4.78 is 5.30. The molecule has 0 spiro atoms. The van der Waals surface area contributed by atoms with Gasteiger partial charge in [0.25, 0.3) is 0 Å². The van der Waals surface area contributed by atoms with Crippen molar-refractivity contribution in [1.29, 1.82) is 0 Å². The molecule has 1 saturated heterocycles. The minimum absolute atomic E-state index is 0.0545. The zero-order valence-electron chi connectivity index (χ0n) is 12.9. The largest absolute Gasteiger partial charge is 0.495 e. The van der Waals surface area contributed by atoms with Gasteiger partial charge in [-0.15, -0.1) is 0 Å². The Balaban J connectivity index is 1.58. The second kappa shape index (κ2) is 6.06. The molecule has 2 aliphatic rings. The fraction of sp³-hybridized carbons (Fsp3) is 0.588. The Labute approximate surface area is 126 Å². The van der Waals surface area contributed by atoms with E-state index in [0.29, 0.717) is 12.3 Å². The first kappa shape index (κ1) is 14.4. The molecule has 1 aromatic rings. The van der Waals surface area contributed by atoms with Gasteiger partial charge >= 0.3 is 0 Å². The van der Waals surface area contributed by atoms with Crippen molar-refractivity contribution in [2.24, 2.45) is 11.8 Å². The number of rotatable bonds is 4. The smallest absolute Gasteiger partial charge is 0.238 e. The number of methoxy groups -OCH3 is 1. The molecule has 0 bridgehead atoms. The lowest BCUT2D eigenvalue weighted by Crippen LogP contribution is -2.32. The molecular weight excluding hydrogens is 264 g/mol. The van der Waals surface area contributed by atoms with Gasteiger partial charge < -0.3 is 10.1 Å². The molecule has 4 heteroatoms. The maximum Gasteiger partial charge on any atom is 0.238 e. The lowest BCUT2D eigenvalue weighted by Gasteiger charge is -2.17. The number of anilines is 1. The summed E-state index contributed by atoms with van der Waals surface area (Å²) >= 11 is 0. The van der Waals surface area contributed by atoms with Gasteiger partial charge in [-0.25, -0.2) is 0 Å². The van der Waals surface area contributed by atoms with Crippen LogP contribution in [0.1, 0.15) is 24.8 Å². The van der Waals surface area contributed by atoms with E-state index < -0.39 is 0 Å². The van der Waals surface area contributed by atoms with Crippen LogP contribution in [-0.2, 0) is 4.79 Å². The molecule has 1 N–H and O–H groups in total. The van der Waals surface area contributed by atoms with E-state index in [4.69, 9.17) is 4.74 Å². The number of ether oxygens (including phenoxy) is 1. The standard InChI is InChI=1S/C17H24N2O2/c1-12-6-7-16(21-2)15(8-12)18-17(20)11-19-9-13-4-3-5-14(13)10-19/h6-8,13-14H,3-5,9-11H2,1-2H3,(H,18,20). The van der Waals surface area contributed by atoms with Crippen LogP contribution < -0.4 is 10.1 Å². The molecule has 2 fully saturated rings. The van der Waals surface area contributed by atoms with Gasteiger partial charge in [0, 0.05) is 13.1 Å². The lowest BCUT2D eigenvalue weighted by molar-refractivity contribution is -0.117. The Bertz CT molecular complexity index is 518. The highest BCUT2D eigenvalue weighted by atomic mass is 16.5. The predicted molar refractivity (Wildman–Crippen MR) is 83.6 cm³/mol.